The number of aromatic nitrogens is 2. The standard InChI is InChI=1S/C30H34Cl2N4O7S2/c1-2-3-8-42-30(39)20-7-5-16-4-6-18(31)10-21(16)26(20)22-12-25(44-28(22)32)27(38)23-13-34-15-35-29(23)36-19-9-17(24(37)11-19)14-43-45(33,40)41/h4,6,10,12-13,15,17,19-20,24,26,37H,2-3,5,7-9,11,14H2,1H3,(H2,33,40,41)(H,34,35,36)/t17-,19-,20?,24+,26?/m1/s1. The van der Waals surface area contributed by atoms with E-state index < -0.39 is 34.2 Å². The molecule has 0 amide bonds. The van der Waals surface area contributed by atoms with E-state index in [2.05, 4.69) is 19.5 Å². The highest BCUT2D eigenvalue weighted by atomic mass is 35.5. The number of unbranched alkanes of at least 4 members (excludes halogenated alkanes) is 1. The molecule has 2 aromatic heterocycles. The Morgan fingerprint density at radius 3 is 2.76 bits per heavy atom. The number of aliphatic hydroxyl groups is 1. The molecule has 0 aliphatic heterocycles. The number of aliphatic hydroxyl groups excluding tert-OH is 1. The molecule has 4 N–H and O–H groups in total. The lowest BCUT2D eigenvalue weighted by molar-refractivity contribution is -0.149. The number of rotatable bonds is 12. The van der Waals surface area contributed by atoms with Gasteiger partial charge in [0, 0.05) is 29.1 Å². The number of nitrogens with two attached hydrogens (primary N) is 1. The number of benzene rings is 1. The number of hydrogen-bond donors (Lipinski definition) is 3. The van der Waals surface area contributed by atoms with Gasteiger partial charge in [0.1, 0.15) is 12.1 Å². The molecule has 11 nitrogen and oxygen atoms in total. The number of fused-ring (bicyclic) bond motifs is 1. The minimum absolute atomic E-state index is 0.198. The second kappa shape index (κ2) is 14.4. The van der Waals surface area contributed by atoms with Crippen molar-refractivity contribution in [2.45, 2.75) is 63.5 Å². The van der Waals surface area contributed by atoms with Crippen LogP contribution in [0.4, 0.5) is 5.82 Å². The number of ketones is 1. The van der Waals surface area contributed by atoms with E-state index >= 15 is 0 Å². The number of esters is 1. The number of anilines is 1. The average Bonchev–Trinajstić information content (AvgIpc) is 3.56. The Kier molecular flexibility index (Phi) is 10.8. The molecule has 2 aliphatic carbocycles. The second-order valence-electron chi connectivity index (χ2n) is 11.4. The van der Waals surface area contributed by atoms with Gasteiger partial charge in [0.05, 0.1) is 40.0 Å². The number of hydrogen-bond acceptors (Lipinski definition) is 11. The number of carbonyl (C=O) groups is 2. The van der Waals surface area contributed by atoms with Crippen LogP contribution in [0.5, 0.6) is 0 Å². The number of thiophene rings is 1. The van der Waals surface area contributed by atoms with E-state index in [4.69, 9.17) is 33.1 Å². The van der Waals surface area contributed by atoms with Crippen molar-refractivity contribution in [3.63, 3.8) is 0 Å². The molecule has 1 aromatic carbocycles. The van der Waals surface area contributed by atoms with Gasteiger partial charge < -0.3 is 15.2 Å². The molecule has 3 aromatic rings. The Balaban J connectivity index is 1.40. The van der Waals surface area contributed by atoms with Crippen molar-refractivity contribution in [3.05, 3.63) is 73.3 Å². The van der Waals surface area contributed by atoms with Crippen LogP contribution >= 0.6 is 34.5 Å². The molecule has 242 valence electrons. The zero-order valence-corrected chi connectivity index (χ0v) is 27.6. The summed E-state index contributed by atoms with van der Waals surface area (Å²) in [5.74, 6) is -1.84. The fourth-order valence-electron chi connectivity index (χ4n) is 6.07. The molecule has 0 spiro atoms. The molecular weight excluding hydrogens is 663 g/mol. The van der Waals surface area contributed by atoms with E-state index in [-0.39, 0.29) is 42.2 Å². The van der Waals surface area contributed by atoms with Gasteiger partial charge in [-0.2, -0.15) is 8.42 Å². The molecule has 1 fully saturated rings. The first-order chi connectivity index (χ1) is 21.4. The van der Waals surface area contributed by atoms with Crippen LogP contribution < -0.4 is 10.5 Å². The zero-order valence-electron chi connectivity index (χ0n) is 24.4. The topological polar surface area (TPSA) is 171 Å². The van der Waals surface area contributed by atoms with Gasteiger partial charge in [0.2, 0.25) is 5.78 Å². The minimum atomic E-state index is -4.14. The Morgan fingerprint density at radius 2 is 2.00 bits per heavy atom. The van der Waals surface area contributed by atoms with Gasteiger partial charge >= 0.3 is 16.3 Å². The van der Waals surface area contributed by atoms with Gasteiger partial charge in [-0.3, -0.25) is 13.8 Å². The molecular formula is C30H34Cl2N4O7S2. The lowest BCUT2D eigenvalue weighted by Gasteiger charge is -2.32. The third-order valence-electron chi connectivity index (χ3n) is 8.29. The lowest BCUT2D eigenvalue weighted by Crippen LogP contribution is -2.30. The fourth-order valence-corrected chi connectivity index (χ4v) is 7.92. The van der Waals surface area contributed by atoms with E-state index in [0.717, 1.165) is 35.3 Å². The summed E-state index contributed by atoms with van der Waals surface area (Å²) >= 11 is 14.3. The van der Waals surface area contributed by atoms with Crippen molar-refractivity contribution in [2.75, 3.05) is 18.5 Å². The van der Waals surface area contributed by atoms with Gasteiger partial charge in [-0.15, -0.1) is 11.3 Å². The van der Waals surface area contributed by atoms with Crippen LogP contribution in [-0.2, 0) is 30.4 Å². The maximum absolute atomic E-state index is 13.9. The summed E-state index contributed by atoms with van der Waals surface area (Å²) in [5, 5.41) is 19.1. The van der Waals surface area contributed by atoms with Crippen molar-refractivity contribution >= 4 is 62.4 Å². The van der Waals surface area contributed by atoms with Gasteiger partial charge in [0.25, 0.3) is 0 Å². The molecule has 15 heteroatoms. The molecule has 2 heterocycles. The third kappa shape index (κ3) is 8.02. The number of halogens is 2. The fraction of sp³-hybridized carbons (Fsp3) is 0.467. The highest BCUT2D eigenvalue weighted by molar-refractivity contribution is 7.84. The Morgan fingerprint density at radius 1 is 1.20 bits per heavy atom. The first-order valence-electron chi connectivity index (χ1n) is 14.7. The summed E-state index contributed by atoms with van der Waals surface area (Å²) in [4.78, 5) is 35.9. The number of nitrogens with one attached hydrogen (secondary N) is 1. The summed E-state index contributed by atoms with van der Waals surface area (Å²) in [5.41, 5.74) is 2.79. The molecule has 0 radical (unpaired) electrons. The van der Waals surface area contributed by atoms with E-state index in [1.807, 2.05) is 25.1 Å². The number of nitrogens with zero attached hydrogens (tertiary/aromatic N) is 2. The van der Waals surface area contributed by atoms with Crippen molar-refractivity contribution < 1.29 is 32.0 Å². The largest absolute Gasteiger partial charge is 0.465 e. The predicted octanol–water partition coefficient (Wildman–Crippen LogP) is 4.89. The first-order valence-corrected chi connectivity index (χ1v) is 17.7. The number of carbonyl (C=O) groups excluding carboxylic acids is 2. The monoisotopic (exact) mass is 696 g/mol. The molecule has 5 rings (SSSR count). The third-order valence-corrected chi connectivity index (χ3v) is 10.4. The summed E-state index contributed by atoms with van der Waals surface area (Å²) in [7, 11) is -4.14. The summed E-state index contributed by atoms with van der Waals surface area (Å²) in [6.45, 7) is 2.11. The lowest BCUT2D eigenvalue weighted by atomic mass is 9.72. The van der Waals surface area contributed by atoms with Crippen LogP contribution in [0.1, 0.15) is 76.9 Å². The molecule has 45 heavy (non-hydrogen) atoms. The second-order valence-corrected chi connectivity index (χ2v) is 14.7. The minimum Gasteiger partial charge on any atom is -0.465 e. The van der Waals surface area contributed by atoms with Crippen LogP contribution in [0.15, 0.2) is 36.8 Å². The molecule has 2 unspecified atom stereocenters. The van der Waals surface area contributed by atoms with Gasteiger partial charge in [-0.05, 0) is 67.0 Å². The maximum atomic E-state index is 13.9. The number of aryl methyl sites for hydroxylation is 1. The van der Waals surface area contributed by atoms with E-state index in [1.54, 1.807) is 6.07 Å². The maximum Gasteiger partial charge on any atom is 0.333 e. The van der Waals surface area contributed by atoms with Crippen LogP contribution in [-0.4, -0.2) is 60.6 Å². The first kappa shape index (κ1) is 33.7. The summed E-state index contributed by atoms with van der Waals surface area (Å²) in [6, 6.07) is 7.04. The normalized spacial score (nSPS) is 23.0. The van der Waals surface area contributed by atoms with Crippen molar-refractivity contribution in [2.24, 2.45) is 17.0 Å². The quantitative estimate of drug-likeness (QED) is 0.135. The SMILES string of the molecule is CCCCOC(=O)C1CCc2ccc(Cl)cc2C1c1cc(C(=O)c2cncnc2N[C@@H]2C[C@H](COS(N)(=O)=O)[C@@H](O)C2)sc1Cl. The van der Waals surface area contributed by atoms with Crippen LogP contribution in [0.2, 0.25) is 9.36 Å². The highest BCUT2D eigenvalue weighted by Gasteiger charge is 2.39. The van der Waals surface area contributed by atoms with Crippen molar-refractivity contribution in [3.8, 4) is 0 Å². The van der Waals surface area contributed by atoms with E-state index in [1.165, 1.54) is 12.5 Å². The Hall–Kier alpha value is -2.65. The smallest absolute Gasteiger partial charge is 0.333 e. The van der Waals surface area contributed by atoms with Crippen LogP contribution in [0, 0.1) is 11.8 Å². The average molecular weight is 698 g/mol. The molecule has 1 saturated carbocycles. The molecule has 0 bridgehead atoms. The molecule has 2 aliphatic rings. The molecule has 5 atom stereocenters. The predicted molar refractivity (Wildman–Crippen MR) is 171 cm³/mol. The van der Waals surface area contributed by atoms with E-state index in [9.17, 15) is 23.1 Å². The molecule has 0 saturated heterocycles. The Labute approximate surface area is 275 Å². The van der Waals surface area contributed by atoms with Crippen LogP contribution in [0.3, 0.4) is 0 Å². The van der Waals surface area contributed by atoms with Gasteiger partial charge in [-0.25, -0.2) is 15.1 Å². The Bertz CT molecular complexity index is 1670. The van der Waals surface area contributed by atoms with Crippen molar-refractivity contribution in [1.29, 1.82) is 0 Å². The van der Waals surface area contributed by atoms with Crippen LogP contribution in [0.25, 0.3) is 0 Å². The van der Waals surface area contributed by atoms with Crippen molar-refractivity contribution in [1.82, 2.24) is 9.97 Å². The van der Waals surface area contributed by atoms with Gasteiger partial charge in [-0.1, -0.05) is 42.6 Å². The van der Waals surface area contributed by atoms with E-state index in [0.29, 0.717) is 45.7 Å². The van der Waals surface area contributed by atoms with Gasteiger partial charge in [0.15, 0.2) is 0 Å². The summed E-state index contributed by atoms with van der Waals surface area (Å²) in [6.07, 6.45) is 5.43. The highest BCUT2D eigenvalue weighted by Crippen LogP contribution is 2.47. The zero-order chi connectivity index (χ0) is 32.3. The number of ether oxygens (including phenoxy) is 1. The summed E-state index contributed by atoms with van der Waals surface area (Å²) < 4.78 is 33.1.